The number of Topliss-reactive ketones (excluding diaryl/α,β-unsaturated/α-hetero) is 1. The SMILES string of the molecule is COC(=O)CCCCCCCCCCC(=O)OC(=O)CCCCCCCCCCC(C)=O. The summed E-state index contributed by atoms with van der Waals surface area (Å²) in [5.74, 6) is -0.665. The van der Waals surface area contributed by atoms with Gasteiger partial charge in [-0.05, 0) is 32.6 Å². The first-order valence-electron chi connectivity index (χ1n) is 12.8. The maximum Gasteiger partial charge on any atom is 0.313 e. The topological polar surface area (TPSA) is 86.7 Å². The van der Waals surface area contributed by atoms with Crippen molar-refractivity contribution in [3.8, 4) is 0 Å². The largest absolute Gasteiger partial charge is 0.469 e. The van der Waals surface area contributed by atoms with Crippen molar-refractivity contribution in [2.24, 2.45) is 0 Å². The number of methoxy groups -OCH3 is 1. The van der Waals surface area contributed by atoms with Gasteiger partial charge >= 0.3 is 17.9 Å². The van der Waals surface area contributed by atoms with Crippen LogP contribution in [0.4, 0.5) is 0 Å². The highest BCUT2D eigenvalue weighted by Gasteiger charge is 2.10. The van der Waals surface area contributed by atoms with Gasteiger partial charge in [-0.2, -0.15) is 0 Å². The lowest BCUT2D eigenvalue weighted by molar-refractivity contribution is -0.159. The second-order valence-electron chi connectivity index (χ2n) is 8.78. The molecule has 6 heteroatoms. The third-order valence-corrected chi connectivity index (χ3v) is 5.63. The van der Waals surface area contributed by atoms with Gasteiger partial charge in [0.05, 0.1) is 7.11 Å². The van der Waals surface area contributed by atoms with Gasteiger partial charge in [0, 0.05) is 25.7 Å². The van der Waals surface area contributed by atoms with Gasteiger partial charge < -0.3 is 14.3 Å². The summed E-state index contributed by atoms with van der Waals surface area (Å²) in [6.45, 7) is 1.64. The Labute approximate surface area is 195 Å². The van der Waals surface area contributed by atoms with E-state index in [2.05, 4.69) is 4.74 Å². The Kier molecular flexibility index (Phi) is 21.3. The second kappa shape index (κ2) is 22.5. The van der Waals surface area contributed by atoms with Crippen LogP contribution in [0.3, 0.4) is 0 Å². The third kappa shape index (κ3) is 23.0. The first kappa shape index (κ1) is 30.3. The van der Waals surface area contributed by atoms with Gasteiger partial charge in [-0.3, -0.25) is 14.4 Å². The van der Waals surface area contributed by atoms with Crippen molar-refractivity contribution in [1.29, 1.82) is 0 Å². The lowest BCUT2D eigenvalue weighted by atomic mass is 10.1. The highest BCUT2D eigenvalue weighted by Crippen LogP contribution is 2.13. The minimum absolute atomic E-state index is 0.139. The Bertz CT molecular complexity index is 514. The van der Waals surface area contributed by atoms with Crippen molar-refractivity contribution in [2.45, 2.75) is 135 Å². The fourth-order valence-corrected chi connectivity index (χ4v) is 3.63. The number of esters is 3. The maximum absolute atomic E-state index is 11.7. The summed E-state index contributed by atoms with van der Waals surface area (Å²) in [5.41, 5.74) is 0. The van der Waals surface area contributed by atoms with E-state index >= 15 is 0 Å². The zero-order valence-electron chi connectivity index (χ0n) is 20.6. The molecule has 0 heterocycles. The van der Waals surface area contributed by atoms with Crippen LogP contribution in [-0.2, 0) is 28.7 Å². The number of ether oxygens (including phenoxy) is 2. The number of unbranched alkanes of at least 4 members (excludes halogenated alkanes) is 14. The van der Waals surface area contributed by atoms with Crippen molar-refractivity contribution in [3.63, 3.8) is 0 Å². The summed E-state index contributed by atoms with van der Waals surface area (Å²) in [6.07, 6.45) is 18.4. The summed E-state index contributed by atoms with van der Waals surface area (Å²) in [6, 6.07) is 0. The van der Waals surface area contributed by atoms with Crippen LogP contribution in [0.25, 0.3) is 0 Å². The molecule has 32 heavy (non-hydrogen) atoms. The van der Waals surface area contributed by atoms with E-state index in [9.17, 15) is 19.2 Å². The van der Waals surface area contributed by atoms with Crippen LogP contribution in [0.2, 0.25) is 0 Å². The molecule has 0 saturated carbocycles. The van der Waals surface area contributed by atoms with Crippen molar-refractivity contribution in [2.75, 3.05) is 7.11 Å². The van der Waals surface area contributed by atoms with E-state index in [-0.39, 0.29) is 11.8 Å². The van der Waals surface area contributed by atoms with Gasteiger partial charge in [-0.25, -0.2) is 0 Å². The van der Waals surface area contributed by atoms with E-state index < -0.39 is 11.9 Å². The van der Waals surface area contributed by atoms with Crippen LogP contribution in [0.1, 0.15) is 135 Å². The van der Waals surface area contributed by atoms with Gasteiger partial charge in [-0.15, -0.1) is 0 Å². The van der Waals surface area contributed by atoms with Crippen LogP contribution in [-0.4, -0.2) is 30.8 Å². The van der Waals surface area contributed by atoms with Crippen molar-refractivity contribution < 1.29 is 28.7 Å². The summed E-state index contributed by atoms with van der Waals surface area (Å²) in [5, 5.41) is 0. The molecule has 0 spiro atoms. The summed E-state index contributed by atoms with van der Waals surface area (Å²) in [4.78, 5) is 45.3. The molecule has 0 aromatic carbocycles. The Balaban J connectivity index is 3.37. The molecule has 0 unspecified atom stereocenters. The average molecular weight is 455 g/mol. The fourth-order valence-electron chi connectivity index (χ4n) is 3.63. The summed E-state index contributed by atoms with van der Waals surface area (Å²) >= 11 is 0. The van der Waals surface area contributed by atoms with Crippen LogP contribution in [0.5, 0.6) is 0 Å². The smallest absolute Gasteiger partial charge is 0.313 e. The molecule has 0 amide bonds. The molecule has 186 valence electrons. The molecule has 0 rings (SSSR count). The molecule has 0 atom stereocenters. The van der Waals surface area contributed by atoms with Gasteiger partial charge in [0.2, 0.25) is 0 Å². The molecular formula is C26H46O6. The first-order valence-corrected chi connectivity index (χ1v) is 12.8. The Morgan fingerprint density at radius 1 is 0.438 bits per heavy atom. The molecule has 0 aromatic rings. The lowest BCUT2D eigenvalue weighted by Gasteiger charge is -2.04. The molecule has 0 radical (unpaired) electrons. The number of ketones is 1. The van der Waals surface area contributed by atoms with Crippen LogP contribution in [0, 0.1) is 0 Å². The van der Waals surface area contributed by atoms with Crippen molar-refractivity contribution >= 4 is 23.7 Å². The molecule has 0 aliphatic heterocycles. The highest BCUT2D eigenvalue weighted by molar-refractivity contribution is 5.85. The zero-order valence-corrected chi connectivity index (χ0v) is 20.6. The summed E-state index contributed by atoms with van der Waals surface area (Å²) in [7, 11) is 1.42. The molecule has 0 saturated heterocycles. The molecule has 0 aliphatic rings. The normalized spacial score (nSPS) is 10.7. The Morgan fingerprint density at radius 2 is 0.719 bits per heavy atom. The minimum Gasteiger partial charge on any atom is -0.469 e. The maximum atomic E-state index is 11.7. The second-order valence-corrected chi connectivity index (χ2v) is 8.78. The van der Waals surface area contributed by atoms with Crippen LogP contribution in [0.15, 0.2) is 0 Å². The Morgan fingerprint density at radius 3 is 1.03 bits per heavy atom. The minimum atomic E-state index is -0.400. The molecule has 0 aliphatic carbocycles. The Hall–Kier alpha value is -1.72. The van der Waals surface area contributed by atoms with Crippen molar-refractivity contribution in [1.82, 2.24) is 0 Å². The van der Waals surface area contributed by atoms with E-state index in [0.717, 1.165) is 89.9 Å². The number of carbonyl (C=O) groups is 4. The predicted molar refractivity (Wildman–Crippen MR) is 126 cm³/mol. The first-order chi connectivity index (χ1) is 15.5. The molecule has 6 nitrogen and oxygen atoms in total. The molecule has 0 fully saturated rings. The van der Waals surface area contributed by atoms with E-state index in [1.807, 2.05) is 0 Å². The molecule has 0 N–H and O–H groups in total. The van der Waals surface area contributed by atoms with E-state index in [4.69, 9.17) is 4.74 Å². The lowest BCUT2D eigenvalue weighted by Crippen LogP contribution is -2.11. The summed E-state index contributed by atoms with van der Waals surface area (Å²) < 4.78 is 9.51. The highest BCUT2D eigenvalue weighted by atomic mass is 16.6. The number of carbonyl (C=O) groups excluding carboxylic acids is 4. The van der Waals surface area contributed by atoms with Crippen LogP contribution >= 0.6 is 0 Å². The zero-order chi connectivity index (χ0) is 23.9. The quantitative estimate of drug-likeness (QED) is 0.104. The van der Waals surface area contributed by atoms with Crippen LogP contribution < -0.4 is 0 Å². The number of hydrogen-bond donors (Lipinski definition) is 0. The predicted octanol–water partition coefficient (Wildman–Crippen LogP) is 6.62. The molecule has 0 bridgehead atoms. The monoisotopic (exact) mass is 454 g/mol. The molecule has 0 aromatic heterocycles. The van der Waals surface area contributed by atoms with Gasteiger partial charge in [0.15, 0.2) is 0 Å². The van der Waals surface area contributed by atoms with E-state index in [1.54, 1.807) is 6.92 Å². The number of rotatable bonds is 22. The molecular weight excluding hydrogens is 408 g/mol. The average Bonchev–Trinajstić information content (AvgIpc) is 2.75. The van der Waals surface area contributed by atoms with Gasteiger partial charge in [-0.1, -0.05) is 77.0 Å². The van der Waals surface area contributed by atoms with Gasteiger partial charge in [0.25, 0.3) is 0 Å². The third-order valence-electron chi connectivity index (χ3n) is 5.63. The van der Waals surface area contributed by atoms with Crippen molar-refractivity contribution in [3.05, 3.63) is 0 Å². The van der Waals surface area contributed by atoms with E-state index in [0.29, 0.717) is 25.7 Å². The standard InChI is InChI=1S/C26H46O6/c1-23(27)19-15-11-7-3-4-9-13-17-21-25(29)32-26(30)22-18-14-10-6-5-8-12-16-20-24(28)31-2/h3-22H2,1-2H3. The fraction of sp³-hybridized carbons (Fsp3) is 0.846. The van der Waals surface area contributed by atoms with Gasteiger partial charge in [0.1, 0.15) is 5.78 Å². The van der Waals surface area contributed by atoms with E-state index in [1.165, 1.54) is 20.0 Å². The number of hydrogen-bond acceptors (Lipinski definition) is 6.